The van der Waals surface area contributed by atoms with Gasteiger partial charge in [-0.25, -0.2) is 9.97 Å². The number of nitrogens with zero attached hydrogens (tertiary/aromatic N) is 3. The number of hydrogen-bond donors (Lipinski definition) is 1. The third kappa shape index (κ3) is 2.69. The summed E-state index contributed by atoms with van der Waals surface area (Å²) in [6.07, 6.45) is 6.36. The van der Waals surface area contributed by atoms with E-state index in [-0.39, 0.29) is 5.91 Å². The van der Waals surface area contributed by atoms with E-state index in [4.69, 9.17) is 4.42 Å². The van der Waals surface area contributed by atoms with Gasteiger partial charge in [0.2, 0.25) is 5.89 Å². The molecule has 3 aromatic rings. The van der Waals surface area contributed by atoms with Crippen LogP contribution in [0, 0.1) is 6.92 Å². The Hall–Kier alpha value is -2.89. The van der Waals surface area contributed by atoms with Crippen molar-refractivity contribution in [1.29, 1.82) is 0 Å². The summed E-state index contributed by atoms with van der Waals surface area (Å²) in [6.45, 7) is 1.96. The van der Waals surface area contributed by atoms with Gasteiger partial charge in [0.05, 0.1) is 12.5 Å². The summed E-state index contributed by atoms with van der Waals surface area (Å²) >= 11 is 0. The van der Waals surface area contributed by atoms with Crippen LogP contribution in [0.4, 0.5) is 5.69 Å². The fourth-order valence-electron chi connectivity index (χ4n) is 2.01. The Morgan fingerprint density at radius 1 is 1.33 bits per heavy atom. The molecule has 0 radical (unpaired) electrons. The Kier molecular flexibility index (Phi) is 3.27. The van der Waals surface area contributed by atoms with E-state index in [0.29, 0.717) is 17.3 Å². The van der Waals surface area contributed by atoms with Crippen LogP contribution in [0.5, 0.6) is 0 Å². The molecule has 1 aromatic carbocycles. The number of rotatable bonds is 3. The summed E-state index contributed by atoms with van der Waals surface area (Å²) in [5, 5.41) is 2.82. The van der Waals surface area contributed by atoms with Crippen LogP contribution in [-0.4, -0.2) is 20.4 Å². The zero-order valence-electron chi connectivity index (χ0n) is 11.7. The van der Waals surface area contributed by atoms with Crippen LogP contribution in [0.15, 0.2) is 47.6 Å². The molecule has 1 N–H and O–H groups in total. The summed E-state index contributed by atoms with van der Waals surface area (Å²) < 4.78 is 7.03. The van der Waals surface area contributed by atoms with E-state index in [1.54, 1.807) is 23.3 Å². The molecule has 3 rings (SSSR count). The normalized spacial score (nSPS) is 10.6. The number of imidazole rings is 1. The maximum atomic E-state index is 12.1. The summed E-state index contributed by atoms with van der Waals surface area (Å²) in [5.41, 5.74) is 2.91. The number of anilines is 1. The minimum absolute atomic E-state index is 0.252. The minimum atomic E-state index is -0.252. The Morgan fingerprint density at radius 2 is 2.19 bits per heavy atom. The Morgan fingerprint density at radius 3 is 2.86 bits per heavy atom. The molecule has 0 aliphatic heterocycles. The maximum Gasteiger partial charge on any atom is 0.275 e. The zero-order chi connectivity index (χ0) is 14.8. The second-order valence-corrected chi connectivity index (χ2v) is 4.75. The lowest BCUT2D eigenvalue weighted by atomic mass is 10.1. The topological polar surface area (TPSA) is 73.0 Å². The number of carbonyl (C=O) groups is 1. The molecule has 0 saturated heterocycles. The molecule has 0 unspecified atom stereocenters. The van der Waals surface area contributed by atoms with Crippen LogP contribution in [-0.2, 0) is 7.05 Å². The van der Waals surface area contributed by atoms with Crippen molar-refractivity contribution < 1.29 is 9.21 Å². The monoisotopic (exact) mass is 282 g/mol. The molecule has 21 heavy (non-hydrogen) atoms. The van der Waals surface area contributed by atoms with Crippen LogP contribution in [0.2, 0.25) is 0 Å². The lowest BCUT2D eigenvalue weighted by molar-refractivity contribution is 0.102. The first-order valence-corrected chi connectivity index (χ1v) is 6.43. The lowest BCUT2D eigenvalue weighted by Crippen LogP contribution is -2.12. The molecule has 6 heteroatoms. The van der Waals surface area contributed by atoms with Crippen molar-refractivity contribution in [3.63, 3.8) is 0 Å². The van der Waals surface area contributed by atoms with Crippen molar-refractivity contribution in [2.24, 2.45) is 7.05 Å². The first-order valence-electron chi connectivity index (χ1n) is 6.43. The van der Waals surface area contributed by atoms with Crippen LogP contribution < -0.4 is 5.32 Å². The summed E-state index contributed by atoms with van der Waals surface area (Å²) in [5.74, 6) is 0.277. The van der Waals surface area contributed by atoms with Gasteiger partial charge in [0.15, 0.2) is 0 Å². The van der Waals surface area contributed by atoms with Crippen molar-refractivity contribution in [2.45, 2.75) is 6.92 Å². The van der Waals surface area contributed by atoms with Gasteiger partial charge in [0, 0.05) is 24.5 Å². The number of aromatic nitrogens is 3. The first-order chi connectivity index (χ1) is 10.1. The van der Waals surface area contributed by atoms with Crippen molar-refractivity contribution in [1.82, 2.24) is 14.5 Å². The van der Waals surface area contributed by atoms with E-state index in [1.807, 2.05) is 32.2 Å². The van der Waals surface area contributed by atoms with Crippen molar-refractivity contribution >= 4 is 11.6 Å². The van der Waals surface area contributed by atoms with Crippen LogP contribution in [0.1, 0.15) is 16.1 Å². The van der Waals surface area contributed by atoms with Gasteiger partial charge in [-0.05, 0) is 24.6 Å². The second-order valence-electron chi connectivity index (χ2n) is 4.75. The zero-order valence-corrected chi connectivity index (χ0v) is 11.7. The molecule has 0 aliphatic rings. The van der Waals surface area contributed by atoms with E-state index < -0.39 is 0 Å². The lowest BCUT2D eigenvalue weighted by Gasteiger charge is -2.07. The van der Waals surface area contributed by atoms with E-state index in [1.165, 1.54) is 6.26 Å². The Bertz CT molecular complexity index is 775. The highest BCUT2D eigenvalue weighted by atomic mass is 16.3. The third-order valence-electron chi connectivity index (χ3n) is 3.10. The summed E-state index contributed by atoms with van der Waals surface area (Å²) in [4.78, 5) is 20.2. The van der Waals surface area contributed by atoms with Gasteiger partial charge in [0.25, 0.3) is 5.91 Å². The predicted molar refractivity (Wildman–Crippen MR) is 77.8 cm³/mol. The summed E-state index contributed by atoms with van der Waals surface area (Å²) in [6, 6.07) is 5.58. The molecule has 2 aromatic heterocycles. The van der Waals surface area contributed by atoms with Gasteiger partial charge in [-0.1, -0.05) is 6.07 Å². The molecule has 6 nitrogen and oxygen atoms in total. The highest BCUT2D eigenvalue weighted by molar-refractivity contribution is 6.03. The molecule has 0 fully saturated rings. The van der Waals surface area contributed by atoms with E-state index in [9.17, 15) is 4.79 Å². The average Bonchev–Trinajstić information content (AvgIpc) is 3.12. The van der Waals surface area contributed by atoms with Gasteiger partial charge in [-0.15, -0.1) is 0 Å². The second kappa shape index (κ2) is 5.24. The molecule has 0 aliphatic carbocycles. The van der Waals surface area contributed by atoms with Crippen LogP contribution >= 0.6 is 0 Å². The largest absolute Gasteiger partial charge is 0.445 e. The number of carbonyl (C=O) groups excluding carboxylic acids is 1. The molecular weight excluding hydrogens is 268 g/mol. The van der Waals surface area contributed by atoms with Crippen molar-refractivity contribution in [2.75, 3.05) is 5.32 Å². The quantitative estimate of drug-likeness (QED) is 0.801. The molecule has 106 valence electrons. The van der Waals surface area contributed by atoms with Gasteiger partial charge in [-0.2, -0.15) is 0 Å². The van der Waals surface area contributed by atoms with E-state index in [2.05, 4.69) is 15.3 Å². The van der Waals surface area contributed by atoms with E-state index in [0.717, 1.165) is 11.1 Å². The van der Waals surface area contributed by atoms with Gasteiger partial charge < -0.3 is 14.3 Å². The number of benzene rings is 1. The highest BCUT2D eigenvalue weighted by Crippen LogP contribution is 2.25. The van der Waals surface area contributed by atoms with Crippen LogP contribution in [0.25, 0.3) is 11.5 Å². The standard InChI is InChI=1S/C15H14N4O2/c1-10-3-4-11(7-12(10)15-16-5-6-21-15)18-14(20)13-8-19(2)9-17-13/h3-9H,1-2H3,(H,18,20). The Labute approximate surface area is 121 Å². The fraction of sp³-hybridized carbons (Fsp3) is 0.133. The first kappa shape index (κ1) is 13.1. The number of aryl methyl sites for hydroxylation is 2. The molecule has 2 heterocycles. The van der Waals surface area contributed by atoms with Gasteiger partial charge in [0.1, 0.15) is 12.0 Å². The Balaban J connectivity index is 1.86. The van der Waals surface area contributed by atoms with Gasteiger partial charge >= 0.3 is 0 Å². The maximum absolute atomic E-state index is 12.1. The fourth-order valence-corrected chi connectivity index (χ4v) is 2.01. The van der Waals surface area contributed by atoms with Crippen molar-refractivity contribution in [3.05, 3.63) is 54.4 Å². The predicted octanol–water partition coefficient (Wildman–Crippen LogP) is 2.64. The van der Waals surface area contributed by atoms with Gasteiger partial charge in [-0.3, -0.25) is 4.79 Å². The molecule has 0 saturated carbocycles. The minimum Gasteiger partial charge on any atom is -0.445 e. The molecule has 0 spiro atoms. The number of nitrogens with one attached hydrogen (secondary N) is 1. The van der Waals surface area contributed by atoms with E-state index >= 15 is 0 Å². The SMILES string of the molecule is Cc1ccc(NC(=O)c2cn(C)cn2)cc1-c1ncco1. The van der Waals surface area contributed by atoms with Crippen molar-refractivity contribution in [3.8, 4) is 11.5 Å². The summed E-state index contributed by atoms with van der Waals surface area (Å²) in [7, 11) is 1.82. The molecule has 1 amide bonds. The smallest absolute Gasteiger partial charge is 0.275 e. The number of hydrogen-bond acceptors (Lipinski definition) is 4. The van der Waals surface area contributed by atoms with Crippen LogP contribution in [0.3, 0.4) is 0 Å². The molecular formula is C15H14N4O2. The molecule has 0 bridgehead atoms. The third-order valence-corrected chi connectivity index (χ3v) is 3.10. The molecule has 0 atom stereocenters. The number of amides is 1. The highest BCUT2D eigenvalue weighted by Gasteiger charge is 2.12. The average molecular weight is 282 g/mol. The number of oxazole rings is 1.